The van der Waals surface area contributed by atoms with Crippen molar-refractivity contribution in [3.8, 4) is 0 Å². The highest BCUT2D eigenvalue weighted by molar-refractivity contribution is 6.20. The van der Waals surface area contributed by atoms with E-state index in [1.54, 1.807) is 6.20 Å². The maximum Gasteiger partial charge on any atom is 0.254 e. The molecule has 2 saturated heterocycles. The van der Waals surface area contributed by atoms with Crippen LogP contribution < -0.4 is 0 Å². The Hall–Kier alpha value is -1.61. The Morgan fingerprint density at radius 1 is 1.19 bits per heavy atom. The number of nitrogens with zero attached hydrogens (tertiary/aromatic N) is 2. The average molecular weight is 301 g/mol. The predicted octanol–water partition coefficient (Wildman–Crippen LogP) is 3.61. The largest absolute Gasteiger partial charge is 0.333 e. The van der Waals surface area contributed by atoms with E-state index in [1.165, 1.54) is 0 Å². The molecule has 3 nitrogen and oxygen atoms in total. The summed E-state index contributed by atoms with van der Waals surface area (Å²) < 4.78 is 0. The molecule has 21 heavy (non-hydrogen) atoms. The van der Waals surface area contributed by atoms with Crippen LogP contribution in [0.1, 0.15) is 36.0 Å². The van der Waals surface area contributed by atoms with Crippen molar-refractivity contribution < 1.29 is 4.79 Å². The van der Waals surface area contributed by atoms with Crippen LogP contribution in [-0.4, -0.2) is 33.3 Å². The number of hydrogen-bond acceptors (Lipinski definition) is 2. The van der Waals surface area contributed by atoms with Gasteiger partial charge < -0.3 is 4.90 Å². The van der Waals surface area contributed by atoms with Gasteiger partial charge in [-0.15, -0.1) is 11.6 Å². The fourth-order valence-electron chi connectivity index (χ4n) is 3.80. The summed E-state index contributed by atoms with van der Waals surface area (Å²) in [7, 11) is 0. The number of pyridine rings is 1. The van der Waals surface area contributed by atoms with Gasteiger partial charge in [0.05, 0.1) is 5.52 Å². The van der Waals surface area contributed by atoms with Crippen molar-refractivity contribution >= 4 is 28.4 Å². The Labute approximate surface area is 128 Å². The van der Waals surface area contributed by atoms with E-state index in [0.29, 0.717) is 12.1 Å². The normalized spacial score (nSPS) is 28.0. The monoisotopic (exact) mass is 300 g/mol. The number of aromatic nitrogens is 1. The van der Waals surface area contributed by atoms with E-state index in [-0.39, 0.29) is 11.3 Å². The van der Waals surface area contributed by atoms with Gasteiger partial charge in [0, 0.05) is 34.6 Å². The molecule has 0 N–H and O–H groups in total. The summed E-state index contributed by atoms with van der Waals surface area (Å²) in [5.74, 6) is 0.150. The highest BCUT2D eigenvalue weighted by Crippen LogP contribution is 2.38. The molecule has 2 atom stereocenters. The molecule has 0 saturated carbocycles. The smallest absolute Gasteiger partial charge is 0.254 e. The summed E-state index contributed by atoms with van der Waals surface area (Å²) in [6.45, 7) is 0. The molecule has 1 aromatic heterocycles. The number of halogens is 1. The molecule has 2 fully saturated rings. The summed E-state index contributed by atoms with van der Waals surface area (Å²) >= 11 is 6.29. The Morgan fingerprint density at radius 3 is 2.71 bits per heavy atom. The van der Waals surface area contributed by atoms with Crippen LogP contribution >= 0.6 is 11.6 Å². The van der Waals surface area contributed by atoms with Gasteiger partial charge in [-0.25, -0.2) is 0 Å². The summed E-state index contributed by atoms with van der Waals surface area (Å²) in [4.78, 5) is 19.3. The van der Waals surface area contributed by atoms with Gasteiger partial charge >= 0.3 is 0 Å². The van der Waals surface area contributed by atoms with E-state index in [9.17, 15) is 4.79 Å². The highest BCUT2D eigenvalue weighted by atomic mass is 35.5. The highest BCUT2D eigenvalue weighted by Gasteiger charge is 2.42. The first kappa shape index (κ1) is 13.1. The van der Waals surface area contributed by atoms with Gasteiger partial charge in [0.2, 0.25) is 0 Å². The minimum atomic E-state index is 0.150. The lowest BCUT2D eigenvalue weighted by Gasteiger charge is -2.37. The lowest BCUT2D eigenvalue weighted by Crippen LogP contribution is -2.46. The SMILES string of the molecule is O=C(c1ccc2ncccc2c1)N1C2CCC1CC(Cl)C2. The summed E-state index contributed by atoms with van der Waals surface area (Å²) in [6, 6.07) is 10.3. The van der Waals surface area contributed by atoms with Crippen LogP contribution in [0, 0.1) is 0 Å². The molecular weight excluding hydrogens is 284 g/mol. The number of benzene rings is 1. The average Bonchev–Trinajstić information content (AvgIpc) is 2.78. The minimum absolute atomic E-state index is 0.150. The Bertz CT molecular complexity index is 688. The molecule has 2 aliphatic heterocycles. The van der Waals surface area contributed by atoms with Gasteiger partial charge in [-0.2, -0.15) is 0 Å². The number of hydrogen-bond donors (Lipinski definition) is 0. The zero-order valence-electron chi connectivity index (χ0n) is 11.7. The fraction of sp³-hybridized carbons (Fsp3) is 0.412. The molecule has 2 unspecified atom stereocenters. The quantitative estimate of drug-likeness (QED) is 0.754. The Kier molecular flexibility index (Phi) is 3.11. The maximum atomic E-state index is 12.9. The van der Waals surface area contributed by atoms with E-state index < -0.39 is 0 Å². The fourth-order valence-corrected chi connectivity index (χ4v) is 4.21. The van der Waals surface area contributed by atoms with Crippen LogP contribution in [-0.2, 0) is 0 Å². The van der Waals surface area contributed by atoms with Crippen molar-refractivity contribution in [2.45, 2.75) is 43.1 Å². The van der Waals surface area contributed by atoms with Crippen LogP contribution in [0.3, 0.4) is 0 Å². The van der Waals surface area contributed by atoms with Crippen LogP contribution in [0.5, 0.6) is 0 Å². The molecule has 2 bridgehead atoms. The van der Waals surface area contributed by atoms with E-state index in [4.69, 9.17) is 11.6 Å². The topological polar surface area (TPSA) is 33.2 Å². The van der Waals surface area contributed by atoms with Crippen LogP contribution in [0.4, 0.5) is 0 Å². The van der Waals surface area contributed by atoms with Crippen molar-refractivity contribution in [1.82, 2.24) is 9.88 Å². The second-order valence-corrected chi connectivity index (χ2v) is 6.69. The molecule has 3 heterocycles. The van der Waals surface area contributed by atoms with E-state index in [0.717, 1.165) is 42.1 Å². The summed E-state index contributed by atoms with van der Waals surface area (Å²) in [5.41, 5.74) is 1.69. The predicted molar refractivity (Wildman–Crippen MR) is 83.6 cm³/mol. The number of piperidine rings is 1. The molecule has 0 radical (unpaired) electrons. The van der Waals surface area contributed by atoms with Crippen molar-refractivity contribution in [1.29, 1.82) is 0 Å². The number of carbonyl (C=O) groups excluding carboxylic acids is 1. The third-order valence-electron chi connectivity index (χ3n) is 4.76. The molecule has 2 aromatic rings. The Balaban J connectivity index is 1.67. The van der Waals surface area contributed by atoms with Gasteiger partial charge in [0.1, 0.15) is 0 Å². The molecule has 1 amide bonds. The molecule has 4 rings (SSSR count). The molecule has 1 aromatic carbocycles. The number of amides is 1. The van der Waals surface area contributed by atoms with Crippen molar-refractivity contribution in [2.24, 2.45) is 0 Å². The molecule has 4 heteroatoms. The van der Waals surface area contributed by atoms with Gasteiger partial charge in [0.25, 0.3) is 5.91 Å². The third kappa shape index (κ3) is 2.20. The zero-order valence-corrected chi connectivity index (χ0v) is 12.5. The molecule has 2 aliphatic rings. The second kappa shape index (κ2) is 4.99. The molecule has 0 aliphatic carbocycles. The van der Waals surface area contributed by atoms with Crippen molar-refractivity contribution in [3.05, 3.63) is 42.1 Å². The molecule has 0 spiro atoms. The third-order valence-corrected chi connectivity index (χ3v) is 5.12. The van der Waals surface area contributed by atoms with Gasteiger partial charge in [-0.1, -0.05) is 6.07 Å². The summed E-state index contributed by atoms with van der Waals surface area (Å²) in [6.07, 6.45) is 5.82. The van der Waals surface area contributed by atoms with E-state index in [2.05, 4.69) is 9.88 Å². The number of rotatable bonds is 1. The van der Waals surface area contributed by atoms with Gasteiger partial charge in [-0.3, -0.25) is 9.78 Å². The first-order chi connectivity index (χ1) is 10.2. The van der Waals surface area contributed by atoms with Crippen molar-refractivity contribution in [2.75, 3.05) is 0 Å². The van der Waals surface area contributed by atoms with Crippen LogP contribution in [0.2, 0.25) is 0 Å². The first-order valence-corrected chi connectivity index (χ1v) is 7.97. The lowest BCUT2D eigenvalue weighted by molar-refractivity contribution is 0.0600. The van der Waals surface area contributed by atoms with Crippen molar-refractivity contribution in [3.63, 3.8) is 0 Å². The number of fused-ring (bicyclic) bond motifs is 3. The van der Waals surface area contributed by atoms with Gasteiger partial charge in [-0.05, 0) is 49.9 Å². The number of alkyl halides is 1. The minimum Gasteiger partial charge on any atom is -0.333 e. The molecular formula is C17H17ClN2O. The van der Waals surface area contributed by atoms with Gasteiger partial charge in [0.15, 0.2) is 0 Å². The van der Waals surface area contributed by atoms with Crippen LogP contribution in [0.15, 0.2) is 36.5 Å². The Morgan fingerprint density at radius 2 is 1.95 bits per heavy atom. The first-order valence-electron chi connectivity index (χ1n) is 7.54. The van der Waals surface area contributed by atoms with E-state index >= 15 is 0 Å². The summed E-state index contributed by atoms with van der Waals surface area (Å²) in [5, 5.41) is 1.25. The second-order valence-electron chi connectivity index (χ2n) is 6.08. The van der Waals surface area contributed by atoms with Crippen LogP contribution in [0.25, 0.3) is 10.9 Å². The van der Waals surface area contributed by atoms with E-state index in [1.807, 2.05) is 30.3 Å². The maximum absolute atomic E-state index is 12.9. The lowest BCUT2D eigenvalue weighted by atomic mass is 10.0. The number of carbonyl (C=O) groups is 1. The standard InChI is InChI=1S/C17H17ClN2O/c18-13-9-14-4-5-15(10-13)20(14)17(21)12-3-6-16-11(8-12)2-1-7-19-16/h1-3,6-8,13-15H,4-5,9-10H2. The molecule has 108 valence electrons. The zero-order chi connectivity index (χ0) is 14.4.